The summed E-state index contributed by atoms with van der Waals surface area (Å²) in [4.78, 5) is 16.6. The van der Waals surface area contributed by atoms with E-state index in [9.17, 15) is 13.6 Å². The molecule has 0 atom stereocenters. The van der Waals surface area contributed by atoms with Crippen molar-refractivity contribution in [3.05, 3.63) is 64.7 Å². The quantitative estimate of drug-likeness (QED) is 0.788. The van der Waals surface area contributed by atoms with E-state index < -0.39 is 6.61 Å². The van der Waals surface area contributed by atoms with Gasteiger partial charge < -0.3 is 9.64 Å². The first-order chi connectivity index (χ1) is 12.5. The number of carbonyl (C=O) groups excluding carboxylic acids is 1. The van der Waals surface area contributed by atoms with Crippen LogP contribution in [0.25, 0.3) is 0 Å². The Morgan fingerprint density at radius 2 is 1.69 bits per heavy atom. The van der Waals surface area contributed by atoms with Crippen molar-refractivity contribution in [3.63, 3.8) is 0 Å². The molecule has 0 aliphatic carbocycles. The highest BCUT2D eigenvalue weighted by atomic mass is 35.5. The Bertz CT molecular complexity index is 747. The maximum atomic E-state index is 12.5. The number of piperazine rings is 1. The van der Waals surface area contributed by atoms with E-state index in [1.54, 1.807) is 4.90 Å². The zero-order valence-electron chi connectivity index (χ0n) is 14.1. The minimum Gasteiger partial charge on any atom is -0.435 e. The lowest BCUT2D eigenvalue weighted by Crippen LogP contribution is -2.48. The maximum absolute atomic E-state index is 12.5. The molecule has 1 aliphatic rings. The van der Waals surface area contributed by atoms with Gasteiger partial charge in [0.2, 0.25) is 0 Å². The second-order valence-corrected chi connectivity index (χ2v) is 6.47. The van der Waals surface area contributed by atoms with Gasteiger partial charge in [0.05, 0.1) is 0 Å². The molecule has 0 radical (unpaired) electrons. The van der Waals surface area contributed by atoms with Gasteiger partial charge in [0.1, 0.15) is 5.75 Å². The van der Waals surface area contributed by atoms with Crippen LogP contribution in [-0.2, 0) is 6.54 Å². The lowest BCUT2D eigenvalue weighted by atomic mass is 10.1. The van der Waals surface area contributed by atoms with Crippen LogP contribution in [0.1, 0.15) is 15.9 Å². The van der Waals surface area contributed by atoms with Crippen LogP contribution >= 0.6 is 11.6 Å². The molecule has 1 amide bonds. The van der Waals surface area contributed by atoms with Gasteiger partial charge >= 0.3 is 6.61 Å². The first kappa shape index (κ1) is 18.6. The highest BCUT2D eigenvalue weighted by Gasteiger charge is 2.22. The summed E-state index contributed by atoms with van der Waals surface area (Å²) in [5.74, 6) is -0.0629. The summed E-state index contributed by atoms with van der Waals surface area (Å²) in [5.41, 5.74) is 1.54. The van der Waals surface area contributed by atoms with Gasteiger partial charge in [-0.15, -0.1) is 0 Å². The fourth-order valence-electron chi connectivity index (χ4n) is 2.94. The molecule has 26 heavy (non-hydrogen) atoms. The van der Waals surface area contributed by atoms with E-state index >= 15 is 0 Å². The first-order valence-corrected chi connectivity index (χ1v) is 8.70. The van der Waals surface area contributed by atoms with Gasteiger partial charge in [-0.1, -0.05) is 29.8 Å². The molecule has 7 heteroatoms. The summed E-state index contributed by atoms with van der Waals surface area (Å²) < 4.78 is 28.7. The van der Waals surface area contributed by atoms with E-state index in [2.05, 4.69) is 9.64 Å². The number of benzene rings is 2. The molecule has 0 unspecified atom stereocenters. The van der Waals surface area contributed by atoms with Crippen LogP contribution < -0.4 is 4.74 Å². The normalized spacial score (nSPS) is 15.3. The van der Waals surface area contributed by atoms with Crippen molar-refractivity contribution < 1.29 is 18.3 Å². The highest BCUT2D eigenvalue weighted by Crippen LogP contribution is 2.19. The molecule has 4 nitrogen and oxygen atoms in total. The van der Waals surface area contributed by atoms with Gasteiger partial charge in [-0.3, -0.25) is 9.69 Å². The van der Waals surface area contributed by atoms with Gasteiger partial charge in [0.15, 0.2) is 0 Å². The number of carbonyl (C=O) groups is 1. The monoisotopic (exact) mass is 380 g/mol. The van der Waals surface area contributed by atoms with Crippen LogP contribution in [0, 0.1) is 0 Å². The zero-order valence-corrected chi connectivity index (χ0v) is 14.8. The summed E-state index contributed by atoms with van der Waals surface area (Å²) in [6.45, 7) is 0.605. The van der Waals surface area contributed by atoms with Crippen molar-refractivity contribution >= 4 is 17.5 Å². The van der Waals surface area contributed by atoms with Crippen molar-refractivity contribution in [2.24, 2.45) is 0 Å². The van der Waals surface area contributed by atoms with Crippen LogP contribution in [0.4, 0.5) is 8.78 Å². The molecule has 0 N–H and O–H groups in total. The van der Waals surface area contributed by atoms with Crippen LogP contribution in [-0.4, -0.2) is 48.5 Å². The number of nitrogens with zero attached hydrogens (tertiary/aromatic N) is 2. The minimum absolute atomic E-state index is 0.0427. The molecular weight excluding hydrogens is 362 g/mol. The van der Waals surface area contributed by atoms with Crippen molar-refractivity contribution in [1.29, 1.82) is 0 Å². The van der Waals surface area contributed by atoms with E-state index in [4.69, 9.17) is 11.6 Å². The van der Waals surface area contributed by atoms with Gasteiger partial charge in [0.25, 0.3) is 5.91 Å². The van der Waals surface area contributed by atoms with Crippen molar-refractivity contribution in [3.8, 4) is 5.75 Å². The van der Waals surface area contributed by atoms with E-state index in [1.807, 2.05) is 24.3 Å². The van der Waals surface area contributed by atoms with E-state index in [0.29, 0.717) is 18.7 Å². The van der Waals surface area contributed by atoms with Crippen molar-refractivity contribution in [1.82, 2.24) is 9.80 Å². The Hall–Kier alpha value is -2.18. The van der Waals surface area contributed by atoms with E-state index in [1.165, 1.54) is 24.3 Å². The number of alkyl halides is 2. The number of ether oxygens (including phenoxy) is 1. The Morgan fingerprint density at radius 3 is 2.31 bits per heavy atom. The second kappa shape index (κ2) is 8.47. The predicted molar refractivity (Wildman–Crippen MR) is 95.7 cm³/mol. The highest BCUT2D eigenvalue weighted by molar-refractivity contribution is 6.31. The lowest BCUT2D eigenvalue weighted by Gasteiger charge is -2.35. The minimum atomic E-state index is -2.87. The predicted octanol–water partition coefficient (Wildman–Crippen LogP) is 3.90. The summed E-state index contributed by atoms with van der Waals surface area (Å²) in [7, 11) is 0. The molecule has 3 rings (SSSR count). The number of amides is 1. The third-order valence-electron chi connectivity index (χ3n) is 4.34. The fraction of sp³-hybridized carbons (Fsp3) is 0.316. The van der Waals surface area contributed by atoms with Crippen molar-refractivity contribution in [2.45, 2.75) is 13.2 Å². The SMILES string of the molecule is O=C(c1ccc(OC(F)F)cc1)N1CCN(Cc2ccccc2Cl)CC1. The number of rotatable bonds is 5. The molecule has 0 aromatic heterocycles. The largest absolute Gasteiger partial charge is 0.435 e. The van der Waals surface area contributed by atoms with E-state index in [0.717, 1.165) is 30.2 Å². The Labute approximate surface area is 155 Å². The van der Waals surface area contributed by atoms with Gasteiger partial charge in [-0.25, -0.2) is 0 Å². The average Bonchev–Trinajstić information content (AvgIpc) is 2.64. The molecule has 138 valence electrons. The average molecular weight is 381 g/mol. The van der Waals surface area contributed by atoms with E-state index in [-0.39, 0.29) is 11.7 Å². The summed E-state index contributed by atoms with van der Waals surface area (Å²) in [6.07, 6.45) is 0. The van der Waals surface area contributed by atoms with Crippen molar-refractivity contribution in [2.75, 3.05) is 26.2 Å². The molecule has 1 heterocycles. The first-order valence-electron chi connectivity index (χ1n) is 8.33. The molecule has 0 saturated carbocycles. The standard InChI is InChI=1S/C19H19ClF2N2O2/c20-17-4-2-1-3-15(17)13-23-9-11-24(12-10-23)18(25)14-5-7-16(8-6-14)26-19(21)22/h1-8,19H,9-13H2. The van der Waals surface area contributed by atoms with Gasteiger partial charge in [0, 0.05) is 43.3 Å². The molecule has 1 aliphatic heterocycles. The fourth-order valence-corrected chi connectivity index (χ4v) is 3.13. The zero-order chi connectivity index (χ0) is 18.5. The Balaban J connectivity index is 1.54. The molecule has 1 saturated heterocycles. The van der Waals surface area contributed by atoms with Crippen LogP contribution in [0.3, 0.4) is 0 Å². The molecule has 2 aromatic rings. The molecule has 1 fully saturated rings. The third-order valence-corrected chi connectivity index (χ3v) is 4.71. The molecule has 0 bridgehead atoms. The number of hydrogen-bond donors (Lipinski definition) is 0. The summed E-state index contributed by atoms with van der Waals surface area (Å²) >= 11 is 6.20. The Kier molecular flexibility index (Phi) is 6.06. The number of hydrogen-bond acceptors (Lipinski definition) is 3. The number of halogens is 3. The Morgan fingerprint density at radius 1 is 1.04 bits per heavy atom. The van der Waals surface area contributed by atoms with Gasteiger partial charge in [-0.2, -0.15) is 8.78 Å². The summed E-state index contributed by atoms with van der Waals surface area (Å²) in [5, 5.41) is 0.747. The third kappa shape index (κ3) is 4.71. The topological polar surface area (TPSA) is 32.8 Å². The molecule has 2 aromatic carbocycles. The molecule has 0 spiro atoms. The smallest absolute Gasteiger partial charge is 0.387 e. The second-order valence-electron chi connectivity index (χ2n) is 6.06. The maximum Gasteiger partial charge on any atom is 0.387 e. The van der Waals surface area contributed by atoms with Crippen LogP contribution in [0.2, 0.25) is 5.02 Å². The van der Waals surface area contributed by atoms with Crippen LogP contribution in [0.15, 0.2) is 48.5 Å². The molecular formula is C19H19ClF2N2O2. The lowest BCUT2D eigenvalue weighted by molar-refractivity contribution is -0.0498. The van der Waals surface area contributed by atoms with Crippen LogP contribution in [0.5, 0.6) is 5.75 Å². The van der Waals surface area contributed by atoms with Gasteiger partial charge in [-0.05, 0) is 35.9 Å². The summed E-state index contributed by atoms with van der Waals surface area (Å²) in [6, 6.07) is 13.5.